The Morgan fingerprint density at radius 1 is 0.806 bits per heavy atom. The highest BCUT2D eigenvalue weighted by Gasteiger charge is 2.21. The molecule has 1 N–H and O–H groups in total. The van der Waals surface area contributed by atoms with Crippen molar-refractivity contribution >= 4 is 57.2 Å². The van der Waals surface area contributed by atoms with E-state index in [2.05, 4.69) is 48.7 Å². The lowest BCUT2D eigenvalue weighted by molar-refractivity contribution is 0.634. The monoisotopic (exact) mass is 530 g/mol. The fourth-order valence-corrected chi connectivity index (χ4v) is 6.26. The minimum Gasteiger partial charge on any atom is -0.368 e. The Morgan fingerprint density at radius 2 is 1.61 bits per heavy atom. The number of benzene rings is 1. The van der Waals surface area contributed by atoms with Crippen LogP contribution in [0.1, 0.15) is 0 Å². The van der Waals surface area contributed by atoms with Crippen LogP contribution in [0.25, 0.3) is 9.75 Å². The molecular weight excluding hydrogens is 509 g/mol. The summed E-state index contributed by atoms with van der Waals surface area (Å²) in [6.07, 6.45) is 5.56. The molecule has 5 heterocycles. The Bertz CT molecular complexity index is 1400. The van der Waals surface area contributed by atoms with Crippen molar-refractivity contribution in [1.29, 1.82) is 0 Å². The average molecular weight is 531 g/mol. The summed E-state index contributed by atoms with van der Waals surface area (Å²) in [5.41, 5.74) is 1.19. The number of thiophene rings is 1. The van der Waals surface area contributed by atoms with Gasteiger partial charge in [0.15, 0.2) is 10.3 Å². The molecule has 0 spiro atoms. The summed E-state index contributed by atoms with van der Waals surface area (Å²) >= 11 is 4.82. The first-order valence-electron chi connectivity index (χ1n) is 11.5. The number of aromatic nitrogens is 5. The van der Waals surface area contributed by atoms with Crippen LogP contribution in [0, 0.1) is 0 Å². The van der Waals surface area contributed by atoms with Gasteiger partial charge in [-0.05, 0) is 47.5 Å². The standard InChI is InChI=1S/C25H22N8S3/c1-2-5-19(6-3-1)35-25-30-22(29-24-27-17-21(36-24)20-7-4-16-34-20)28-23(31-25)33-14-12-32(13-15-33)18-8-10-26-11-9-18/h1-11,16-17H,12-15H2,(H,27,28,29,30,31). The van der Waals surface area contributed by atoms with Gasteiger partial charge in [-0.15, -0.1) is 11.3 Å². The topological polar surface area (TPSA) is 83.0 Å². The molecule has 0 radical (unpaired) electrons. The van der Waals surface area contributed by atoms with Gasteiger partial charge in [0.1, 0.15) is 0 Å². The molecule has 0 unspecified atom stereocenters. The Kier molecular flexibility index (Phi) is 6.75. The Balaban J connectivity index is 1.24. The van der Waals surface area contributed by atoms with Gasteiger partial charge in [0.05, 0.1) is 4.88 Å². The van der Waals surface area contributed by atoms with Gasteiger partial charge < -0.3 is 9.80 Å². The molecule has 5 aromatic rings. The van der Waals surface area contributed by atoms with Crippen LogP contribution in [0.4, 0.5) is 22.7 Å². The Morgan fingerprint density at radius 3 is 2.39 bits per heavy atom. The van der Waals surface area contributed by atoms with Crippen molar-refractivity contribution in [2.45, 2.75) is 10.1 Å². The number of hydrogen-bond acceptors (Lipinski definition) is 11. The zero-order chi connectivity index (χ0) is 24.2. The maximum absolute atomic E-state index is 4.82. The van der Waals surface area contributed by atoms with Crippen LogP contribution in [-0.2, 0) is 0 Å². The van der Waals surface area contributed by atoms with Crippen LogP contribution in [0.3, 0.4) is 0 Å². The molecule has 0 atom stereocenters. The van der Waals surface area contributed by atoms with Crippen LogP contribution < -0.4 is 15.1 Å². The predicted octanol–water partition coefficient (Wildman–Crippen LogP) is 5.67. The summed E-state index contributed by atoms with van der Waals surface area (Å²) in [5, 5.41) is 6.80. The molecule has 1 fully saturated rings. The first kappa shape index (κ1) is 22.9. The molecular formula is C25H22N8S3. The molecule has 36 heavy (non-hydrogen) atoms. The van der Waals surface area contributed by atoms with E-state index in [1.165, 1.54) is 22.3 Å². The highest BCUT2D eigenvalue weighted by Crippen LogP contribution is 2.34. The Labute approximate surface area is 221 Å². The van der Waals surface area contributed by atoms with Gasteiger partial charge >= 0.3 is 0 Å². The maximum atomic E-state index is 4.82. The number of nitrogens with zero attached hydrogens (tertiary/aromatic N) is 7. The minimum absolute atomic E-state index is 0.502. The van der Waals surface area contributed by atoms with E-state index in [0.717, 1.165) is 41.1 Å². The molecule has 0 amide bonds. The largest absolute Gasteiger partial charge is 0.368 e. The number of nitrogens with one attached hydrogen (secondary N) is 1. The third-order valence-electron chi connectivity index (χ3n) is 5.63. The summed E-state index contributed by atoms with van der Waals surface area (Å²) < 4.78 is 0. The summed E-state index contributed by atoms with van der Waals surface area (Å²) in [6, 6.07) is 18.4. The SMILES string of the molecule is c1ccc(Sc2nc(Nc3ncc(-c4cccs4)s3)nc(N3CCN(c4ccncc4)CC3)n2)cc1. The van der Waals surface area contributed by atoms with Gasteiger partial charge in [-0.25, -0.2) is 4.98 Å². The molecule has 4 aromatic heterocycles. The molecule has 1 saturated heterocycles. The first-order valence-corrected chi connectivity index (χ1v) is 14.0. The second kappa shape index (κ2) is 10.6. The van der Waals surface area contributed by atoms with Gasteiger partial charge in [-0.3, -0.25) is 10.3 Å². The lowest BCUT2D eigenvalue weighted by atomic mass is 10.3. The molecule has 1 aromatic carbocycles. The number of thiazole rings is 1. The van der Waals surface area contributed by atoms with Crippen LogP contribution in [-0.4, -0.2) is 51.1 Å². The first-order chi connectivity index (χ1) is 17.8. The second-order valence-corrected chi connectivity index (χ2v) is 11.0. The van der Waals surface area contributed by atoms with Crippen molar-refractivity contribution in [3.05, 3.63) is 78.6 Å². The van der Waals surface area contributed by atoms with Gasteiger partial charge in [0, 0.05) is 60.2 Å². The molecule has 6 rings (SSSR count). The van der Waals surface area contributed by atoms with E-state index in [1.807, 2.05) is 55.0 Å². The van der Waals surface area contributed by atoms with Crippen molar-refractivity contribution in [3.8, 4) is 9.75 Å². The van der Waals surface area contributed by atoms with Crippen LogP contribution in [0.5, 0.6) is 0 Å². The predicted molar refractivity (Wildman–Crippen MR) is 148 cm³/mol. The number of hydrogen-bond donors (Lipinski definition) is 1. The maximum Gasteiger partial charge on any atom is 0.234 e. The van der Waals surface area contributed by atoms with E-state index < -0.39 is 0 Å². The van der Waals surface area contributed by atoms with E-state index >= 15 is 0 Å². The van der Waals surface area contributed by atoms with E-state index in [0.29, 0.717) is 17.1 Å². The summed E-state index contributed by atoms with van der Waals surface area (Å²) in [7, 11) is 0. The van der Waals surface area contributed by atoms with Gasteiger partial charge in [0.2, 0.25) is 11.9 Å². The van der Waals surface area contributed by atoms with Gasteiger partial charge in [-0.2, -0.15) is 15.0 Å². The Hall–Kier alpha value is -3.54. The fourth-order valence-electron chi connectivity index (χ4n) is 3.86. The number of piperazine rings is 1. The molecule has 1 aliphatic heterocycles. The minimum atomic E-state index is 0.502. The molecule has 11 heteroatoms. The zero-order valence-electron chi connectivity index (χ0n) is 19.2. The normalized spacial score (nSPS) is 13.7. The summed E-state index contributed by atoms with van der Waals surface area (Å²) in [6.45, 7) is 3.41. The fraction of sp³-hybridized carbons (Fsp3) is 0.160. The van der Waals surface area contributed by atoms with E-state index in [4.69, 9.17) is 15.0 Å². The van der Waals surface area contributed by atoms with Crippen molar-refractivity contribution in [3.63, 3.8) is 0 Å². The number of rotatable bonds is 7. The summed E-state index contributed by atoms with van der Waals surface area (Å²) in [4.78, 5) is 31.0. The lowest BCUT2D eigenvalue weighted by Crippen LogP contribution is -2.47. The van der Waals surface area contributed by atoms with E-state index in [-0.39, 0.29) is 0 Å². The third kappa shape index (κ3) is 5.32. The second-order valence-electron chi connectivity index (χ2n) is 7.97. The van der Waals surface area contributed by atoms with Gasteiger partial charge in [-0.1, -0.05) is 35.6 Å². The average Bonchev–Trinajstić information content (AvgIpc) is 3.62. The summed E-state index contributed by atoms with van der Waals surface area (Å²) in [5.74, 6) is 1.18. The van der Waals surface area contributed by atoms with Crippen LogP contribution in [0.2, 0.25) is 0 Å². The van der Waals surface area contributed by atoms with Gasteiger partial charge in [0.25, 0.3) is 0 Å². The third-order valence-corrected chi connectivity index (χ3v) is 8.49. The van der Waals surface area contributed by atoms with Crippen molar-refractivity contribution in [1.82, 2.24) is 24.9 Å². The van der Waals surface area contributed by atoms with Crippen LogP contribution in [0.15, 0.2) is 88.6 Å². The lowest BCUT2D eigenvalue weighted by Gasteiger charge is -2.36. The molecule has 180 valence electrons. The molecule has 0 bridgehead atoms. The molecule has 8 nitrogen and oxygen atoms in total. The molecule has 0 saturated carbocycles. The van der Waals surface area contributed by atoms with E-state index in [1.54, 1.807) is 22.7 Å². The molecule has 0 aliphatic carbocycles. The van der Waals surface area contributed by atoms with Crippen molar-refractivity contribution < 1.29 is 0 Å². The smallest absolute Gasteiger partial charge is 0.234 e. The van der Waals surface area contributed by atoms with Crippen molar-refractivity contribution in [2.24, 2.45) is 0 Å². The van der Waals surface area contributed by atoms with Crippen LogP contribution >= 0.6 is 34.4 Å². The highest BCUT2D eigenvalue weighted by atomic mass is 32.2. The van der Waals surface area contributed by atoms with Crippen molar-refractivity contribution in [2.75, 3.05) is 41.3 Å². The highest BCUT2D eigenvalue weighted by molar-refractivity contribution is 7.99. The number of anilines is 4. The quantitative estimate of drug-likeness (QED) is 0.286. The molecule has 1 aliphatic rings. The number of pyridine rings is 1. The zero-order valence-corrected chi connectivity index (χ0v) is 21.6. The van der Waals surface area contributed by atoms with E-state index in [9.17, 15) is 0 Å².